The van der Waals surface area contributed by atoms with Crippen LogP contribution >= 0.6 is 0 Å². The van der Waals surface area contributed by atoms with Gasteiger partial charge in [0.05, 0.1) is 27.5 Å². The summed E-state index contributed by atoms with van der Waals surface area (Å²) in [6.07, 6.45) is 0. The molecule has 2 nitrogen and oxygen atoms in total. The quantitative estimate of drug-likeness (QED) is 0.159. The van der Waals surface area contributed by atoms with Gasteiger partial charge in [0.25, 0.3) is 0 Å². The Kier molecular flexibility index (Phi) is 7.85. The van der Waals surface area contributed by atoms with Gasteiger partial charge in [0, 0.05) is 38.5 Å². The lowest BCUT2D eigenvalue weighted by Gasteiger charge is -2.34. The summed E-state index contributed by atoms with van der Waals surface area (Å²) in [5.74, 6) is 0. The number of rotatable bonds is 6. The molecule has 63 heavy (non-hydrogen) atoms. The van der Waals surface area contributed by atoms with Crippen molar-refractivity contribution in [1.29, 1.82) is 0 Å². The Hall–Kier alpha value is -8.20. The lowest BCUT2D eigenvalue weighted by molar-refractivity contribution is 0.770. The van der Waals surface area contributed by atoms with Crippen molar-refractivity contribution in [1.82, 2.24) is 9.13 Å². The van der Waals surface area contributed by atoms with Gasteiger partial charge < -0.3 is 9.13 Å². The monoisotopic (exact) mass is 800 g/mol. The van der Waals surface area contributed by atoms with Crippen molar-refractivity contribution in [3.63, 3.8) is 0 Å². The van der Waals surface area contributed by atoms with Crippen LogP contribution in [0.25, 0.3) is 88.4 Å². The van der Waals surface area contributed by atoms with Crippen molar-refractivity contribution in [3.05, 3.63) is 265 Å². The molecule has 0 N–H and O–H groups in total. The van der Waals surface area contributed by atoms with Crippen LogP contribution in [0.4, 0.5) is 0 Å². The molecule has 0 aliphatic heterocycles. The van der Waals surface area contributed by atoms with Crippen LogP contribution in [0.15, 0.2) is 243 Å². The Morgan fingerprint density at radius 2 is 0.778 bits per heavy atom. The highest BCUT2D eigenvalue weighted by Gasteiger charge is 2.46. The first-order chi connectivity index (χ1) is 31.3. The molecule has 0 unspecified atom stereocenters. The minimum absolute atomic E-state index is 0.506. The van der Waals surface area contributed by atoms with Crippen LogP contribution < -0.4 is 0 Å². The molecule has 1 aliphatic carbocycles. The van der Waals surface area contributed by atoms with Crippen molar-refractivity contribution >= 4 is 43.6 Å². The van der Waals surface area contributed by atoms with Crippen LogP contribution in [0.5, 0.6) is 0 Å². The zero-order valence-corrected chi connectivity index (χ0v) is 34.5. The van der Waals surface area contributed by atoms with Crippen molar-refractivity contribution in [2.24, 2.45) is 0 Å². The first kappa shape index (κ1) is 35.5. The molecule has 12 aromatic rings. The predicted octanol–water partition coefficient (Wildman–Crippen LogP) is 15.6. The largest absolute Gasteiger partial charge is 0.309 e. The highest BCUT2D eigenvalue weighted by molar-refractivity contribution is 6.16. The van der Waals surface area contributed by atoms with Gasteiger partial charge in [-0.25, -0.2) is 0 Å². The molecule has 2 aromatic heterocycles. The summed E-state index contributed by atoms with van der Waals surface area (Å²) in [7, 11) is 0. The molecular formula is C61H40N2. The third kappa shape index (κ3) is 5.19. The number of aromatic nitrogens is 2. The van der Waals surface area contributed by atoms with Gasteiger partial charge in [-0.3, -0.25) is 0 Å². The molecule has 0 fully saturated rings. The van der Waals surface area contributed by atoms with Gasteiger partial charge in [0.1, 0.15) is 0 Å². The third-order valence-corrected chi connectivity index (χ3v) is 13.6. The van der Waals surface area contributed by atoms with E-state index in [4.69, 9.17) is 0 Å². The maximum atomic E-state index is 2.50. The molecule has 13 rings (SSSR count). The van der Waals surface area contributed by atoms with Gasteiger partial charge in [0.2, 0.25) is 0 Å². The van der Waals surface area contributed by atoms with E-state index in [0.717, 1.165) is 11.4 Å². The van der Waals surface area contributed by atoms with Crippen molar-refractivity contribution in [3.8, 4) is 44.8 Å². The maximum absolute atomic E-state index is 2.50. The molecule has 2 heteroatoms. The lowest BCUT2D eigenvalue weighted by Crippen LogP contribution is -2.28. The maximum Gasteiger partial charge on any atom is 0.0713 e. The standard InChI is InChI=1S/C61H40N2/c1-4-17-41(18-5-1)42-31-35-47(36-32-42)62-58-37-33-43(48-26-16-27-52-51-25-12-15-30-57(51)63(60(48)52)46-21-8-3-9-22-46)39-53(58)54-40-45(34-38-59(54)62)61(44-19-6-2-7-20-44)55-28-13-10-23-49(55)50-24-11-14-29-56(50)61/h1-40H. The Labute approximate surface area is 366 Å². The zero-order chi connectivity index (χ0) is 41.5. The third-order valence-electron chi connectivity index (χ3n) is 13.6. The van der Waals surface area contributed by atoms with Gasteiger partial charge in [-0.15, -0.1) is 0 Å². The zero-order valence-electron chi connectivity index (χ0n) is 34.5. The molecule has 0 spiro atoms. The molecule has 0 atom stereocenters. The van der Waals surface area contributed by atoms with Crippen LogP contribution in [-0.2, 0) is 5.41 Å². The molecule has 10 aromatic carbocycles. The fourth-order valence-electron chi connectivity index (χ4n) is 10.9. The molecule has 1 aliphatic rings. The van der Waals surface area contributed by atoms with Gasteiger partial charge in [-0.05, 0) is 105 Å². The summed E-state index contributed by atoms with van der Waals surface area (Å²) in [5, 5.41) is 4.95. The number of hydrogen-bond donors (Lipinski definition) is 0. The topological polar surface area (TPSA) is 9.86 Å². The smallest absolute Gasteiger partial charge is 0.0713 e. The van der Waals surface area contributed by atoms with E-state index in [1.54, 1.807) is 0 Å². The van der Waals surface area contributed by atoms with Crippen LogP contribution in [0.3, 0.4) is 0 Å². The lowest BCUT2D eigenvalue weighted by atomic mass is 9.67. The number of nitrogens with zero attached hydrogens (tertiary/aromatic N) is 2. The Morgan fingerprint density at radius 1 is 0.270 bits per heavy atom. The molecule has 0 saturated heterocycles. The van der Waals surface area contributed by atoms with Crippen molar-refractivity contribution < 1.29 is 0 Å². The van der Waals surface area contributed by atoms with Crippen molar-refractivity contribution in [2.75, 3.05) is 0 Å². The second kappa shape index (κ2) is 13.9. The molecule has 2 heterocycles. The van der Waals surface area contributed by atoms with Crippen LogP contribution in [-0.4, -0.2) is 9.13 Å². The average molecular weight is 801 g/mol. The van der Waals surface area contributed by atoms with Gasteiger partial charge in [0.15, 0.2) is 0 Å². The molecule has 0 amide bonds. The number of benzene rings is 10. The number of fused-ring (bicyclic) bond motifs is 9. The van der Waals surface area contributed by atoms with E-state index >= 15 is 0 Å². The van der Waals surface area contributed by atoms with E-state index in [1.165, 1.54) is 99.2 Å². The minimum Gasteiger partial charge on any atom is -0.309 e. The number of hydrogen-bond acceptors (Lipinski definition) is 0. The summed E-state index contributed by atoms with van der Waals surface area (Å²) in [6.45, 7) is 0. The predicted molar refractivity (Wildman–Crippen MR) is 263 cm³/mol. The summed E-state index contributed by atoms with van der Waals surface area (Å²) in [5.41, 5.74) is 19.1. The first-order valence-corrected chi connectivity index (χ1v) is 21.8. The molecule has 0 bridgehead atoms. The van der Waals surface area contributed by atoms with Crippen LogP contribution in [0.1, 0.15) is 22.3 Å². The first-order valence-electron chi connectivity index (χ1n) is 21.8. The van der Waals surface area contributed by atoms with E-state index < -0.39 is 5.41 Å². The summed E-state index contributed by atoms with van der Waals surface area (Å²) >= 11 is 0. The Bertz CT molecular complexity index is 3660. The molecule has 294 valence electrons. The Morgan fingerprint density at radius 3 is 1.51 bits per heavy atom. The van der Waals surface area contributed by atoms with E-state index in [0.29, 0.717) is 0 Å². The minimum atomic E-state index is -0.506. The van der Waals surface area contributed by atoms with Gasteiger partial charge in [-0.1, -0.05) is 188 Å². The second-order valence-corrected chi connectivity index (χ2v) is 16.8. The summed E-state index contributed by atoms with van der Waals surface area (Å²) in [4.78, 5) is 0. The van der Waals surface area contributed by atoms with Crippen LogP contribution in [0, 0.1) is 0 Å². The van der Waals surface area contributed by atoms with E-state index in [2.05, 4.69) is 252 Å². The fraction of sp³-hybridized carbons (Fsp3) is 0.0164. The van der Waals surface area contributed by atoms with Gasteiger partial charge >= 0.3 is 0 Å². The molecule has 0 radical (unpaired) electrons. The fourth-order valence-corrected chi connectivity index (χ4v) is 10.9. The van der Waals surface area contributed by atoms with Crippen molar-refractivity contribution in [2.45, 2.75) is 5.41 Å². The molecule has 0 saturated carbocycles. The highest BCUT2D eigenvalue weighted by Crippen LogP contribution is 2.56. The van der Waals surface area contributed by atoms with E-state index in [-0.39, 0.29) is 0 Å². The summed E-state index contributed by atoms with van der Waals surface area (Å²) in [6, 6.07) is 89.6. The SMILES string of the molecule is c1ccc(-c2ccc(-n3c4ccc(-c5cccc6c7ccccc7n(-c7ccccc7)c56)cc4c4cc(C5(c6ccccc6)c6ccccc6-c6ccccc65)ccc43)cc2)cc1. The normalized spacial score (nSPS) is 12.9. The summed E-state index contributed by atoms with van der Waals surface area (Å²) < 4.78 is 4.90. The van der Waals surface area contributed by atoms with Gasteiger partial charge in [-0.2, -0.15) is 0 Å². The van der Waals surface area contributed by atoms with E-state index in [9.17, 15) is 0 Å². The van der Waals surface area contributed by atoms with E-state index in [1.807, 2.05) is 0 Å². The number of para-hydroxylation sites is 3. The second-order valence-electron chi connectivity index (χ2n) is 16.8. The van der Waals surface area contributed by atoms with Crippen LogP contribution in [0.2, 0.25) is 0 Å². The molecular weight excluding hydrogens is 761 g/mol. The Balaban J connectivity index is 1.11. The average Bonchev–Trinajstić information content (AvgIpc) is 3.99. The highest BCUT2D eigenvalue weighted by atomic mass is 15.0.